The molecular weight excluding hydrogens is 606 g/mol. The molecule has 0 aliphatic carbocycles. The van der Waals surface area contributed by atoms with Crippen LogP contribution in [0, 0.1) is 0 Å². The fourth-order valence-corrected chi connectivity index (χ4v) is 6.28. The molecule has 6 rings (SSSR count). The van der Waals surface area contributed by atoms with Gasteiger partial charge < -0.3 is 44.4 Å². The van der Waals surface area contributed by atoms with Gasteiger partial charge in [-0.1, -0.05) is 5.16 Å². The number of rotatable bonds is 13. The van der Waals surface area contributed by atoms with Gasteiger partial charge in [0.05, 0.1) is 69.8 Å². The van der Waals surface area contributed by atoms with Crippen molar-refractivity contribution >= 4 is 23.5 Å². The lowest BCUT2D eigenvalue weighted by atomic mass is 9.93. The highest BCUT2D eigenvalue weighted by atomic mass is 16.6. The lowest BCUT2D eigenvalue weighted by molar-refractivity contribution is 0.0774. The molecule has 1 fully saturated rings. The van der Waals surface area contributed by atoms with Gasteiger partial charge in [0.1, 0.15) is 5.75 Å². The number of benzene rings is 3. The number of amides is 1. The van der Waals surface area contributed by atoms with E-state index in [9.17, 15) is 25.2 Å². The molecule has 2 atom stereocenters. The van der Waals surface area contributed by atoms with Gasteiger partial charge in [-0.3, -0.25) is 9.79 Å². The lowest BCUT2D eigenvalue weighted by Crippen LogP contribution is -2.35. The van der Waals surface area contributed by atoms with Crippen LogP contribution in [0.1, 0.15) is 75.5 Å². The maximum atomic E-state index is 13.1. The summed E-state index contributed by atoms with van der Waals surface area (Å²) < 4.78 is 17.6. The molecule has 12 nitrogen and oxygen atoms in total. The molecule has 3 aliphatic heterocycles. The molecule has 1 saturated heterocycles. The quantitative estimate of drug-likeness (QED) is 0.203. The van der Waals surface area contributed by atoms with Crippen molar-refractivity contribution in [3.63, 3.8) is 0 Å². The molecule has 1 amide bonds. The molecule has 248 valence electrons. The van der Waals surface area contributed by atoms with Crippen LogP contribution in [0.3, 0.4) is 0 Å². The molecule has 3 aromatic rings. The summed E-state index contributed by atoms with van der Waals surface area (Å²) in [6, 6.07) is 12.5. The van der Waals surface area contributed by atoms with Crippen molar-refractivity contribution in [2.45, 2.75) is 64.3 Å². The number of nitrogens with zero attached hydrogens (tertiary/aromatic N) is 3. The third-order valence-corrected chi connectivity index (χ3v) is 8.82. The van der Waals surface area contributed by atoms with Crippen LogP contribution in [0.5, 0.6) is 17.2 Å². The smallest absolute Gasteiger partial charge is 0.256 e. The van der Waals surface area contributed by atoms with E-state index in [1.807, 2.05) is 29.3 Å². The molecule has 12 heteroatoms. The topological polar surface area (TPSA) is 163 Å². The number of oxime groups is 1. The summed E-state index contributed by atoms with van der Waals surface area (Å²) >= 11 is 0. The minimum absolute atomic E-state index is 0.00855. The van der Waals surface area contributed by atoms with Crippen molar-refractivity contribution in [3.05, 3.63) is 81.4 Å². The number of aliphatic hydroxyl groups excluding tert-OH is 4. The molecule has 3 heterocycles. The minimum Gasteiger partial charge on any atom is -0.493 e. The van der Waals surface area contributed by atoms with E-state index in [2.05, 4.69) is 10.1 Å². The Labute approximate surface area is 272 Å². The molecule has 47 heavy (non-hydrogen) atoms. The Bertz CT molecular complexity index is 1660. The zero-order valence-electron chi connectivity index (χ0n) is 26.2. The number of hydrogen-bond acceptors (Lipinski definition) is 11. The van der Waals surface area contributed by atoms with Crippen LogP contribution in [0.2, 0.25) is 0 Å². The van der Waals surface area contributed by atoms with E-state index in [1.165, 1.54) is 0 Å². The third kappa shape index (κ3) is 6.68. The van der Waals surface area contributed by atoms with Gasteiger partial charge in [-0.05, 0) is 71.5 Å². The Hall–Kier alpha value is -4.49. The van der Waals surface area contributed by atoms with Crippen molar-refractivity contribution in [2.75, 3.05) is 26.9 Å². The van der Waals surface area contributed by atoms with Crippen LogP contribution in [0.15, 0.2) is 52.6 Å². The Kier molecular flexibility index (Phi) is 10.0. The first-order valence-electron chi connectivity index (χ1n) is 15.7. The van der Waals surface area contributed by atoms with Gasteiger partial charge in [-0.15, -0.1) is 0 Å². The molecule has 4 N–H and O–H groups in total. The predicted molar refractivity (Wildman–Crippen MR) is 172 cm³/mol. The first-order chi connectivity index (χ1) is 23.0. The van der Waals surface area contributed by atoms with E-state index < -0.39 is 6.10 Å². The van der Waals surface area contributed by atoms with Crippen LogP contribution in [0.4, 0.5) is 5.69 Å². The third-order valence-electron chi connectivity index (χ3n) is 8.82. The van der Waals surface area contributed by atoms with Gasteiger partial charge in [0.2, 0.25) is 0 Å². The van der Waals surface area contributed by atoms with Gasteiger partial charge in [0, 0.05) is 42.8 Å². The van der Waals surface area contributed by atoms with Crippen LogP contribution in [-0.4, -0.2) is 76.1 Å². The molecule has 1 unspecified atom stereocenters. The van der Waals surface area contributed by atoms with E-state index >= 15 is 0 Å². The lowest BCUT2D eigenvalue weighted by Gasteiger charge is -2.20. The summed E-state index contributed by atoms with van der Waals surface area (Å²) in [4.78, 5) is 25.2. The Morgan fingerprint density at radius 3 is 2.34 bits per heavy atom. The number of carbonyl (C=O) groups is 1. The van der Waals surface area contributed by atoms with E-state index in [1.54, 1.807) is 31.4 Å². The second-order valence-corrected chi connectivity index (χ2v) is 11.7. The summed E-state index contributed by atoms with van der Waals surface area (Å²) in [7, 11) is 1.56. The van der Waals surface area contributed by atoms with Crippen LogP contribution in [0.25, 0.3) is 0 Å². The molecule has 0 saturated carbocycles. The number of ether oxygens (including phenoxy) is 3. The predicted octanol–water partition coefficient (Wildman–Crippen LogP) is 3.70. The normalized spacial score (nSPS) is 18.4. The van der Waals surface area contributed by atoms with Crippen molar-refractivity contribution in [2.24, 2.45) is 10.1 Å². The molecule has 0 spiro atoms. The average molecular weight is 646 g/mol. The largest absolute Gasteiger partial charge is 0.493 e. The fourth-order valence-electron chi connectivity index (χ4n) is 6.28. The summed E-state index contributed by atoms with van der Waals surface area (Å²) in [5.41, 5.74) is 5.42. The van der Waals surface area contributed by atoms with E-state index in [4.69, 9.17) is 19.0 Å². The van der Waals surface area contributed by atoms with Crippen molar-refractivity contribution in [1.82, 2.24) is 4.90 Å². The molecular formula is C35H39N3O9. The second-order valence-electron chi connectivity index (χ2n) is 11.7. The Morgan fingerprint density at radius 2 is 1.64 bits per heavy atom. The zero-order chi connectivity index (χ0) is 32.9. The summed E-state index contributed by atoms with van der Waals surface area (Å²) in [5, 5.41) is 43.5. The van der Waals surface area contributed by atoms with Gasteiger partial charge in [0.15, 0.2) is 17.6 Å². The highest BCUT2D eigenvalue weighted by molar-refractivity contribution is 6.03. The molecule has 0 radical (unpaired) electrons. The second kappa shape index (κ2) is 14.5. The number of carbonyl (C=O) groups excluding carboxylic acids is 1. The molecule has 0 aromatic heterocycles. The highest BCUT2D eigenvalue weighted by Crippen LogP contribution is 2.36. The summed E-state index contributed by atoms with van der Waals surface area (Å²) in [6.45, 7) is 0.302. The summed E-state index contributed by atoms with van der Waals surface area (Å²) in [5.74, 6) is 1.51. The highest BCUT2D eigenvalue weighted by Gasteiger charge is 2.32. The van der Waals surface area contributed by atoms with Crippen LogP contribution in [-0.2, 0) is 31.3 Å². The van der Waals surface area contributed by atoms with Gasteiger partial charge in [-0.2, -0.15) is 0 Å². The first kappa shape index (κ1) is 32.5. The Balaban J connectivity index is 1.05. The molecule has 3 aromatic carbocycles. The zero-order valence-corrected chi connectivity index (χ0v) is 26.2. The fraction of sp³-hybridized carbons (Fsp3) is 0.400. The van der Waals surface area contributed by atoms with Crippen LogP contribution < -0.4 is 14.2 Å². The standard InChI is InChI=1S/C35H39N3O9/c1-44-34-13-21(29-14-33(47-37-29)22-10-23(17-39)28(20-42)24(11-22)18-40)5-6-31(34)45-8-3-9-46-32-15-30-27(12-25(32)19-41)35(43)38-7-2-4-26(38)16-36-30/h5-6,10-13,15-16,26,33,39-42H,2-4,7-9,14,17-20H2,1H3/t26-,33?/m0/s1. The van der Waals surface area contributed by atoms with E-state index in [-0.39, 0.29) is 38.4 Å². The SMILES string of the molecule is COc1cc(C2=NOC(c3cc(CO)c(CO)c(CO)c3)C2)ccc1OCCCOc1cc2c(cc1CO)C(=O)N1CCC[C@H]1C=N2. The van der Waals surface area contributed by atoms with Gasteiger partial charge >= 0.3 is 0 Å². The van der Waals surface area contributed by atoms with Crippen molar-refractivity contribution in [1.29, 1.82) is 0 Å². The monoisotopic (exact) mass is 645 g/mol. The number of fused-ring (bicyclic) bond motifs is 2. The minimum atomic E-state index is -0.411. The number of aliphatic imine (C=N–C) groups is 1. The maximum absolute atomic E-state index is 13.1. The van der Waals surface area contributed by atoms with Crippen molar-refractivity contribution < 1.29 is 44.3 Å². The number of aliphatic hydroxyl groups is 4. The van der Waals surface area contributed by atoms with Gasteiger partial charge in [-0.25, -0.2) is 0 Å². The van der Waals surface area contributed by atoms with Gasteiger partial charge in [0.25, 0.3) is 5.91 Å². The summed E-state index contributed by atoms with van der Waals surface area (Å²) in [6.07, 6.45) is 4.29. The molecule has 0 bridgehead atoms. The first-order valence-corrected chi connectivity index (χ1v) is 15.7. The number of hydrogen-bond donors (Lipinski definition) is 4. The van der Waals surface area contributed by atoms with E-state index in [0.717, 1.165) is 24.0 Å². The van der Waals surface area contributed by atoms with E-state index in [0.29, 0.717) is 89.1 Å². The Morgan fingerprint density at radius 1 is 0.894 bits per heavy atom. The van der Waals surface area contributed by atoms with Crippen molar-refractivity contribution in [3.8, 4) is 17.2 Å². The maximum Gasteiger partial charge on any atom is 0.256 e. The molecule has 3 aliphatic rings. The number of methoxy groups -OCH3 is 1. The van der Waals surface area contributed by atoms with Crippen LogP contribution >= 0.6 is 0 Å². The average Bonchev–Trinajstić information content (AvgIpc) is 3.78.